The van der Waals surface area contributed by atoms with Crippen molar-refractivity contribution in [1.82, 2.24) is 0 Å². The van der Waals surface area contributed by atoms with Crippen molar-refractivity contribution in [3.8, 4) is 0 Å². The Morgan fingerprint density at radius 3 is 2.80 bits per heavy atom. The summed E-state index contributed by atoms with van der Waals surface area (Å²) >= 11 is 0. The molecule has 0 aliphatic heterocycles. The lowest BCUT2D eigenvalue weighted by Gasteiger charge is -2.30. The highest BCUT2D eigenvalue weighted by Crippen LogP contribution is 2.35. The standard InChI is InChI=1S/C15H13FN2O2/c16-13-6-3-7-14(15(13)18(19)20)17-9-11-8-10-4-1-2-5-12(10)11/h1-7,11,17H,8-9H2. The van der Waals surface area contributed by atoms with Crippen LogP contribution in [0.25, 0.3) is 0 Å². The van der Waals surface area contributed by atoms with Crippen molar-refractivity contribution >= 4 is 11.4 Å². The van der Waals surface area contributed by atoms with Crippen LogP contribution in [0.3, 0.4) is 0 Å². The fourth-order valence-corrected chi connectivity index (χ4v) is 2.62. The molecule has 1 aliphatic rings. The molecule has 4 nitrogen and oxygen atoms in total. The maximum absolute atomic E-state index is 13.5. The second-order valence-corrected chi connectivity index (χ2v) is 4.87. The van der Waals surface area contributed by atoms with Crippen LogP contribution in [0.5, 0.6) is 0 Å². The summed E-state index contributed by atoms with van der Waals surface area (Å²) in [6.07, 6.45) is 0.951. The van der Waals surface area contributed by atoms with Crippen LogP contribution in [0.1, 0.15) is 17.0 Å². The molecular weight excluding hydrogens is 259 g/mol. The van der Waals surface area contributed by atoms with Gasteiger partial charge in [0.05, 0.1) is 4.92 Å². The van der Waals surface area contributed by atoms with E-state index in [1.807, 2.05) is 12.1 Å². The van der Waals surface area contributed by atoms with Crippen molar-refractivity contribution in [2.24, 2.45) is 0 Å². The number of para-hydroxylation sites is 1. The molecule has 0 heterocycles. The number of nitro benzene ring substituents is 1. The van der Waals surface area contributed by atoms with Crippen molar-refractivity contribution in [3.05, 3.63) is 69.5 Å². The van der Waals surface area contributed by atoms with Gasteiger partial charge < -0.3 is 5.32 Å². The largest absolute Gasteiger partial charge is 0.379 e. The summed E-state index contributed by atoms with van der Waals surface area (Å²) in [5.74, 6) is -0.483. The number of hydrogen-bond acceptors (Lipinski definition) is 3. The summed E-state index contributed by atoms with van der Waals surface area (Å²) in [6.45, 7) is 0.571. The van der Waals surface area contributed by atoms with Crippen LogP contribution in [-0.2, 0) is 6.42 Å². The molecule has 1 unspecified atom stereocenters. The van der Waals surface area contributed by atoms with Gasteiger partial charge in [0.1, 0.15) is 5.69 Å². The van der Waals surface area contributed by atoms with E-state index in [2.05, 4.69) is 17.4 Å². The fraction of sp³-hybridized carbons (Fsp3) is 0.200. The van der Waals surface area contributed by atoms with E-state index >= 15 is 0 Å². The molecule has 0 bridgehead atoms. The van der Waals surface area contributed by atoms with E-state index in [0.717, 1.165) is 12.5 Å². The Kier molecular flexibility index (Phi) is 3.10. The Hall–Kier alpha value is -2.43. The monoisotopic (exact) mass is 272 g/mol. The third-order valence-corrected chi connectivity index (χ3v) is 3.67. The summed E-state index contributed by atoms with van der Waals surface area (Å²) in [5, 5.41) is 13.9. The molecule has 20 heavy (non-hydrogen) atoms. The van der Waals surface area contributed by atoms with E-state index in [1.54, 1.807) is 0 Å². The fourth-order valence-electron chi connectivity index (χ4n) is 2.62. The first-order chi connectivity index (χ1) is 9.66. The van der Waals surface area contributed by atoms with Crippen LogP contribution in [0.2, 0.25) is 0 Å². The predicted octanol–water partition coefficient (Wildman–Crippen LogP) is 3.49. The highest BCUT2D eigenvalue weighted by atomic mass is 19.1. The summed E-state index contributed by atoms with van der Waals surface area (Å²) in [5.41, 5.74) is 2.33. The average Bonchev–Trinajstić information content (AvgIpc) is 2.39. The van der Waals surface area contributed by atoms with Crippen molar-refractivity contribution in [3.63, 3.8) is 0 Å². The quantitative estimate of drug-likeness (QED) is 0.684. The van der Waals surface area contributed by atoms with Gasteiger partial charge in [-0.05, 0) is 29.7 Å². The maximum atomic E-state index is 13.5. The third kappa shape index (κ3) is 2.11. The molecular formula is C15H13FN2O2. The number of benzene rings is 2. The molecule has 0 saturated carbocycles. The first kappa shape index (κ1) is 12.6. The van der Waals surface area contributed by atoms with Crippen LogP contribution in [0, 0.1) is 15.9 Å². The Morgan fingerprint density at radius 2 is 2.05 bits per heavy atom. The van der Waals surface area contributed by atoms with Gasteiger partial charge in [0, 0.05) is 12.5 Å². The number of anilines is 1. The lowest BCUT2D eigenvalue weighted by atomic mass is 9.77. The topological polar surface area (TPSA) is 55.2 Å². The molecule has 3 rings (SSSR count). The van der Waals surface area contributed by atoms with Crippen molar-refractivity contribution in [2.75, 3.05) is 11.9 Å². The van der Waals surface area contributed by atoms with Gasteiger partial charge in [0.2, 0.25) is 5.82 Å². The Bertz CT molecular complexity index is 673. The second-order valence-electron chi connectivity index (χ2n) is 4.87. The average molecular weight is 272 g/mol. The van der Waals surface area contributed by atoms with Gasteiger partial charge in [-0.1, -0.05) is 30.3 Å². The Balaban J connectivity index is 1.75. The molecule has 1 atom stereocenters. The number of nitrogens with one attached hydrogen (secondary N) is 1. The van der Waals surface area contributed by atoms with Gasteiger partial charge in [-0.3, -0.25) is 10.1 Å². The normalized spacial score (nSPS) is 16.1. The predicted molar refractivity (Wildman–Crippen MR) is 74.4 cm³/mol. The van der Waals surface area contributed by atoms with Gasteiger partial charge in [-0.15, -0.1) is 0 Å². The summed E-state index contributed by atoms with van der Waals surface area (Å²) in [4.78, 5) is 10.2. The van der Waals surface area contributed by atoms with Crippen LogP contribution in [0.4, 0.5) is 15.8 Å². The molecule has 1 N–H and O–H groups in total. The van der Waals surface area contributed by atoms with Crippen LogP contribution < -0.4 is 5.32 Å². The molecule has 0 saturated heterocycles. The molecule has 0 amide bonds. The van der Waals surface area contributed by atoms with E-state index < -0.39 is 16.4 Å². The van der Waals surface area contributed by atoms with Crippen molar-refractivity contribution in [1.29, 1.82) is 0 Å². The van der Waals surface area contributed by atoms with E-state index in [-0.39, 0.29) is 5.69 Å². The zero-order valence-corrected chi connectivity index (χ0v) is 10.7. The molecule has 0 aromatic heterocycles. The summed E-state index contributed by atoms with van der Waals surface area (Å²) in [7, 11) is 0. The molecule has 1 aliphatic carbocycles. The number of nitrogens with zero attached hydrogens (tertiary/aromatic N) is 1. The Morgan fingerprint density at radius 1 is 1.25 bits per heavy atom. The minimum absolute atomic E-state index is 0.236. The van der Waals surface area contributed by atoms with Gasteiger partial charge in [0.15, 0.2) is 0 Å². The molecule has 0 radical (unpaired) electrons. The number of fused-ring (bicyclic) bond motifs is 1. The summed E-state index contributed by atoms with van der Waals surface area (Å²) < 4.78 is 13.5. The number of halogens is 1. The Labute approximate surface area is 115 Å². The molecule has 0 fully saturated rings. The van der Waals surface area contributed by atoms with E-state index in [0.29, 0.717) is 12.5 Å². The highest BCUT2D eigenvalue weighted by Gasteiger charge is 2.26. The maximum Gasteiger partial charge on any atom is 0.327 e. The third-order valence-electron chi connectivity index (χ3n) is 3.67. The zero-order chi connectivity index (χ0) is 14.1. The molecule has 5 heteroatoms. The highest BCUT2D eigenvalue weighted by molar-refractivity contribution is 5.62. The minimum Gasteiger partial charge on any atom is -0.379 e. The molecule has 2 aromatic rings. The van der Waals surface area contributed by atoms with E-state index in [1.165, 1.54) is 23.3 Å². The van der Waals surface area contributed by atoms with E-state index in [9.17, 15) is 14.5 Å². The minimum atomic E-state index is -0.811. The van der Waals surface area contributed by atoms with Crippen LogP contribution in [0.15, 0.2) is 42.5 Å². The lowest BCUT2D eigenvalue weighted by Crippen LogP contribution is -2.24. The van der Waals surface area contributed by atoms with Crippen molar-refractivity contribution < 1.29 is 9.31 Å². The second kappa shape index (κ2) is 4.92. The zero-order valence-electron chi connectivity index (χ0n) is 10.7. The summed E-state index contributed by atoms with van der Waals surface area (Å²) in [6, 6.07) is 12.2. The lowest BCUT2D eigenvalue weighted by molar-refractivity contribution is -0.386. The molecule has 0 spiro atoms. The van der Waals surface area contributed by atoms with Gasteiger partial charge in [-0.25, -0.2) is 0 Å². The van der Waals surface area contributed by atoms with Crippen LogP contribution >= 0.6 is 0 Å². The van der Waals surface area contributed by atoms with Crippen molar-refractivity contribution in [2.45, 2.75) is 12.3 Å². The molecule has 2 aromatic carbocycles. The number of hydrogen-bond donors (Lipinski definition) is 1. The first-order valence-corrected chi connectivity index (χ1v) is 6.41. The number of rotatable bonds is 4. The van der Waals surface area contributed by atoms with Gasteiger partial charge in [0.25, 0.3) is 0 Å². The molecule has 102 valence electrons. The smallest absolute Gasteiger partial charge is 0.327 e. The number of nitro groups is 1. The first-order valence-electron chi connectivity index (χ1n) is 6.41. The van der Waals surface area contributed by atoms with Crippen LogP contribution in [-0.4, -0.2) is 11.5 Å². The van der Waals surface area contributed by atoms with Gasteiger partial charge >= 0.3 is 5.69 Å². The SMILES string of the molecule is O=[N+]([O-])c1c(F)cccc1NCC1Cc2ccccc21. The van der Waals surface area contributed by atoms with E-state index in [4.69, 9.17) is 0 Å². The van der Waals surface area contributed by atoms with Gasteiger partial charge in [-0.2, -0.15) is 4.39 Å².